The lowest BCUT2D eigenvalue weighted by molar-refractivity contribution is -0.121. The minimum absolute atomic E-state index is 0.0656. The zero-order valence-electron chi connectivity index (χ0n) is 18.2. The van der Waals surface area contributed by atoms with Gasteiger partial charge in [0, 0.05) is 29.5 Å². The van der Waals surface area contributed by atoms with Gasteiger partial charge in [-0.05, 0) is 13.0 Å². The molecule has 4 rings (SSSR count). The summed E-state index contributed by atoms with van der Waals surface area (Å²) in [5.74, 6) is 1.95. The Hall–Kier alpha value is -3.86. The van der Waals surface area contributed by atoms with Gasteiger partial charge in [-0.3, -0.25) is 4.79 Å². The van der Waals surface area contributed by atoms with Crippen LogP contribution in [0.15, 0.2) is 89.3 Å². The topological polar surface area (TPSA) is 64.4 Å². The monoisotopic (exact) mass is 426 g/mol. The van der Waals surface area contributed by atoms with Crippen molar-refractivity contribution in [2.45, 2.75) is 25.8 Å². The van der Waals surface area contributed by atoms with Crippen LogP contribution in [0.4, 0.5) is 0 Å². The van der Waals surface area contributed by atoms with Crippen molar-refractivity contribution in [1.29, 1.82) is 0 Å². The summed E-state index contributed by atoms with van der Waals surface area (Å²) in [5, 5.41) is 3.04. The number of benzene rings is 3. The number of methoxy groups -OCH3 is 1. The van der Waals surface area contributed by atoms with Crippen LogP contribution in [0.3, 0.4) is 0 Å². The molecule has 0 spiro atoms. The number of hydrogen-bond donors (Lipinski definition) is 1. The molecule has 1 amide bonds. The molecule has 5 nitrogen and oxygen atoms in total. The molecule has 0 aliphatic carbocycles. The normalized spacial score (nSPS) is 11.7. The quantitative estimate of drug-likeness (QED) is 0.385. The number of aryl methyl sites for hydroxylation is 1. The standard InChI is InChI=1S/C27H26N2O3/c1-19(22-15-9-10-16-23(22)31-2)28-24(30)17-18-25-29-26(20-11-5-3-6-12-20)27(32-25)21-13-7-4-8-14-21/h3-16,19H,17-18H2,1-2H3,(H,28,30). The van der Waals surface area contributed by atoms with Crippen LogP contribution in [-0.2, 0) is 11.2 Å². The molecule has 0 aliphatic rings. The summed E-state index contributed by atoms with van der Waals surface area (Å²) in [6.45, 7) is 1.95. The highest BCUT2D eigenvalue weighted by Gasteiger charge is 2.18. The van der Waals surface area contributed by atoms with Gasteiger partial charge in [0.1, 0.15) is 11.4 Å². The Bertz CT molecular complexity index is 1110. The predicted octanol–water partition coefficient (Wildman–Crippen LogP) is 5.83. The second-order valence-electron chi connectivity index (χ2n) is 7.55. The van der Waals surface area contributed by atoms with E-state index in [-0.39, 0.29) is 18.4 Å². The Morgan fingerprint density at radius 2 is 1.56 bits per heavy atom. The van der Waals surface area contributed by atoms with Crippen molar-refractivity contribution < 1.29 is 13.9 Å². The first-order chi connectivity index (χ1) is 15.7. The van der Waals surface area contributed by atoms with E-state index in [1.54, 1.807) is 7.11 Å². The number of amides is 1. The summed E-state index contributed by atoms with van der Waals surface area (Å²) >= 11 is 0. The summed E-state index contributed by atoms with van der Waals surface area (Å²) in [6.07, 6.45) is 0.694. The predicted molar refractivity (Wildman–Crippen MR) is 125 cm³/mol. The van der Waals surface area contributed by atoms with Crippen molar-refractivity contribution in [3.8, 4) is 28.3 Å². The van der Waals surface area contributed by atoms with Gasteiger partial charge < -0.3 is 14.5 Å². The van der Waals surface area contributed by atoms with Crippen molar-refractivity contribution in [2.75, 3.05) is 7.11 Å². The summed E-state index contributed by atoms with van der Waals surface area (Å²) in [7, 11) is 1.63. The molecule has 5 heteroatoms. The zero-order chi connectivity index (χ0) is 22.3. The number of nitrogens with zero attached hydrogens (tertiary/aromatic N) is 1. The van der Waals surface area contributed by atoms with Gasteiger partial charge in [-0.2, -0.15) is 0 Å². The van der Waals surface area contributed by atoms with E-state index in [2.05, 4.69) is 5.32 Å². The third-order valence-corrected chi connectivity index (χ3v) is 5.30. The number of ether oxygens (including phenoxy) is 1. The zero-order valence-corrected chi connectivity index (χ0v) is 18.2. The fraction of sp³-hybridized carbons (Fsp3) is 0.185. The molecule has 162 valence electrons. The van der Waals surface area contributed by atoms with Gasteiger partial charge in [-0.15, -0.1) is 0 Å². The Labute approximate surface area is 188 Å². The molecule has 0 bridgehead atoms. The van der Waals surface area contributed by atoms with Crippen molar-refractivity contribution in [3.05, 3.63) is 96.4 Å². The minimum atomic E-state index is -0.164. The minimum Gasteiger partial charge on any atom is -0.496 e. The number of hydrogen-bond acceptors (Lipinski definition) is 4. The number of rotatable bonds is 8. The fourth-order valence-electron chi connectivity index (χ4n) is 3.68. The van der Waals surface area contributed by atoms with E-state index in [4.69, 9.17) is 14.1 Å². The van der Waals surface area contributed by atoms with Crippen molar-refractivity contribution >= 4 is 5.91 Å². The number of carbonyl (C=O) groups excluding carboxylic acids is 1. The molecule has 1 aromatic heterocycles. The summed E-state index contributed by atoms with van der Waals surface area (Å²) in [5.41, 5.74) is 3.67. The third kappa shape index (κ3) is 4.89. The van der Waals surface area contributed by atoms with Crippen LogP contribution in [0, 0.1) is 0 Å². The van der Waals surface area contributed by atoms with Crippen LogP contribution >= 0.6 is 0 Å². The van der Waals surface area contributed by atoms with E-state index in [0.29, 0.717) is 12.3 Å². The molecule has 1 N–H and O–H groups in total. The van der Waals surface area contributed by atoms with Crippen LogP contribution in [-0.4, -0.2) is 18.0 Å². The molecule has 1 atom stereocenters. The largest absolute Gasteiger partial charge is 0.496 e. The second-order valence-corrected chi connectivity index (χ2v) is 7.55. The molecule has 0 saturated carbocycles. The second kappa shape index (κ2) is 9.96. The van der Waals surface area contributed by atoms with Crippen LogP contribution in [0.25, 0.3) is 22.6 Å². The molecule has 32 heavy (non-hydrogen) atoms. The van der Waals surface area contributed by atoms with Crippen LogP contribution in [0.2, 0.25) is 0 Å². The van der Waals surface area contributed by atoms with E-state index in [9.17, 15) is 4.79 Å². The van der Waals surface area contributed by atoms with Crippen LogP contribution < -0.4 is 10.1 Å². The average Bonchev–Trinajstić information content (AvgIpc) is 3.28. The van der Waals surface area contributed by atoms with Gasteiger partial charge in [0.2, 0.25) is 5.91 Å². The molecule has 0 saturated heterocycles. The van der Waals surface area contributed by atoms with E-state index < -0.39 is 0 Å². The van der Waals surface area contributed by atoms with E-state index in [1.807, 2.05) is 91.9 Å². The van der Waals surface area contributed by atoms with E-state index >= 15 is 0 Å². The lowest BCUT2D eigenvalue weighted by atomic mass is 10.1. The smallest absolute Gasteiger partial charge is 0.220 e. The lowest BCUT2D eigenvalue weighted by Gasteiger charge is -2.17. The van der Waals surface area contributed by atoms with Crippen molar-refractivity contribution in [2.24, 2.45) is 0 Å². The molecular weight excluding hydrogens is 400 g/mol. The molecule has 3 aromatic carbocycles. The van der Waals surface area contributed by atoms with Crippen LogP contribution in [0.1, 0.15) is 30.8 Å². The molecule has 0 aliphatic heterocycles. The lowest BCUT2D eigenvalue weighted by Crippen LogP contribution is -2.27. The molecule has 0 radical (unpaired) electrons. The molecule has 1 heterocycles. The molecule has 1 unspecified atom stereocenters. The number of aromatic nitrogens is 1. The van der Waals surface area contributed by atoms with Gasteiger partial charge in [-0.1, -0.05) is 78.9 Å². The van der Waals surface area contributed by atoms with Gasteiger partial charge in [0.25, 0.3) is 0 Å². The van der Waals surface area contributed by atoms with Gasteiger partial charge in [-0.25, -0.2) is 4.98 Å². The van der Waals surface area contributed by atoms with E-state index in [1.165, 1.54) is 0 Å². The fourth-order valence-corrected chi connectivity index (χ4v) is 3.68. The Morgan fingerprint density at radius 3 is 2.25 bits per heavy atom. The number of oxazole rings is 1. The number of carbonyl (C=O) groups is 1. The summed E-state index contributed by atoms with van der Waals surface area (Å²) in [4.78, 5) is 17.3. The highest BCUT2D eigenvalue weighted by atomic mass is 16.5. The average molecular weight is 427 g/mol. The number of nitrogens with one attached hydrogen (secondary N) is 1. The maximum absolute atomic E-state index is 12.6. The van der Waals surface area contributed by atoms with Gasteiger partial charge in [0.05, 0.1) is 13.2 Å². The highest BCUT2D eigenvalue weighted by Crippen LogP contribution is 2.33. The van der Waals surface area contributed by atoms with Crippen molar-refractivity contribution in [1.82, 2.24) is 10.3 Å². The highest BCUT2D eigenvalue weighted by molar-refractivity contribution is 5.78. The van der Waals surface area contributed by atoms with E-state index in [0.717, 1.165) is 33.9 Å². The SMILES string of the molecule is COc1ccccc1C(C)NC(=O)CCc1nc(-c2ccccc2)c(-c2ccccc2)o1. The third-order valence-electron chi connectivity index (χ3n) is 5.30. The van der Waals surface area contributed by atoms with Gasteiger partial charge in [0.15, 0.2) is 11.7 Å². The molecule has 0 fully saturated rings. The summed E-state index contributed by atoms with van der Waals surface area (Å²) < 4.78 is 11.5. The Balaban J connectivity index is 1.49. The maximum Gasteiger partial charge on any atom is 0.220 e. The Morgan fingerprint density at radius 1 is 0.938 bits per heavy atom. The first-order valence-electron chi connectivity index (χ1n) is 10.7. The molecule has 4 aromatic rings. The van der Waals surface area contributed by atoms with Crippen LogP contribution in [0.5, 0.6) is 5.75 Å². The first kappa shape index (κ1) is 21.4. The Kier molecular flexibility index (Phi) is 6.66. The van der Waals surface area contributed by atoms with Crippen molar-refractivity contribution in [3.63, 3.8) is 0 Å². The summed E-state index contributed by atoms with van der Waals surface area (Å²) in [6, 6.07) is 27.4. The van der Waals surface area contributed by atoms with Gasteiger partial charge >= 0.3 is 0 Å². The molecular formula is C27H26N2O3. The maximum atomic E-state index is 12.6. The number of para-hydroxylation sites is 1. The first-order valence-corrected chi connectivity index (χ1v) is 10.7.